The fourth-order valence-electron chi connectivity index (χ4n) is 3.71. The topological polar surface area (TPSA) is 71.2 Å². The van der Waals surface area contributed by atoms with Gasteiger partial charge in [0.15, 0.2) is 5.82 Å². The van der Waals surface area contributed by atoms with Gasteiger partial charge in [0.2, 0.25) is 5.89 Å². The Labute approximate surface area is 143 Å². The van der Waals surface area contributed by atoms with Crippen molar-refractivity contribution in [3.05, 3.63) is 47.6 Å². The van der Waals surface area contributed by atoms with Gasteiger partial charge in [-0.15, -0.1) is 0 Å². The fourth-order valence-corrected chi connectivity index (χ4v) is 3.71. The quantitative estimate of drug-likeness (QED) is 0.812. The van der Waals surface area contributed by atoms with Gasteiger partial charge in [0, 0.05) is 17.4 Å². The molecular formula is C19H27N3O2. The van der Waals surface area contributed by atoms with Gasteiger partial charge >= 0.3 is 0 Å². The minimum absolute atomic E-state index is 0.0839. The van der Waals surface area contributed by atoms with E-state index < -0.39 is 0 Å². The molecule has 2 aromatic rings. The Morgan fingerprint density at radius 2 is 1.92 bits per heavy atom. The van der Waals surface area contributed by atoms with Gasteiger partial charge < -0.3 is 14.9 Å². The Kier molecular flexibility index (Phi) is 5.31. The van der Waals surface area contributed by atoms with Crippen molar-refractivity contribution in [2.45, 2.75) is 58.0 Å². The van der Waals surface area contributed by atoms with Crippen LogP contribution in [0.3, 0.4) is 0 Å². The van der Waals surface area contributed by atoms with Crippen LogP contribution in [-0.2, 0) is 6.54 Å². The van der Waals surface area contributed by atoms with Crippen molar-refractivity contribution >= 4 is 0 Å². The highest BCUT2D eigenvalue weighted by Gasteiger charge is 2.41. The number of hydrogen-bond donors (Lipinski definition) is 2. The third-order valence-corrected chi connectivity index (χ3v) is 5.12. The largest absolute Gasteiger partial charge is 0.396 e. The van der Waals surface area contributed by atoms with E-state index in [2.05, 4.69) is 27.6 Å². The summed E-state index contributed by atoms with van der Waals surface area (Å²) in [6.45, 7) is 4.81. The third kappa shape index (κ3) is 3.52. The summed E-state index contributed by atoms with van der Waals surface area (Å²) in [6.07, 6.45) is 4.42. The summed E-state index contributed by atoms with van der Waals surface area (Å²) in [4.78, 5) is 4.45. The molecule has 0 amide bonds. The zero-order valence-electron chi connectivity index (χ0n) is 14.5. The first-order valence-electron chi connectivity index (χ1n) is 8.86. The zero-order valence-corrected chi connectivity index (χ0v) is 14.5. The molecule has 0 saturated heterocycles. The number of nitrogens with zero attached hydrogens (tertiary/aromatic N) is 2. The summed E-state index contributed by atoms with van der Waals surface area (Å²) in [7, 11) is 0. The van der Waals surface area contributed by atoms with E-state index in [4.69, 9.17) is 4.52 Å². The summed E-state index contributed by atoms with van der Waals surface area (Å²) in [5.74, 6) is 1.59. The van der Waals surface area contributed by atoms with E-state index in [0.717, 1.165) is 18.7 Å². The molecule has 1 aliphatic carbocycles. The van der Waals surface area contributed by atoms with Gasteiger partial charge in [0.25, 0.3) is 0 Å². The van der Waals surface area contributed by atoms with Crippen LogP contribution in [0.25, 0.3) is 0 Å². The van der Waals surface area contributed by atoms with E-state index >= 15 is 0 Å². The smallest absolute Gasteiger partial charge is 0.240 e. The van der Waals surface area contributed by atoms with Crippen LogP contribution in [0, 0.1) is 5.41 Å². The van der Waals surface area contributed by atoms with Crippen molar-refractivity contribution in [3.63, 3.8) is 0 Å². The Bertz CT molecular complexity index is 633. The highest BCUT2D eigenvalue weighted by molar-refractivity contribution is 5.22. The lowest BCUT2D eigenvalue weighted by molar-refractivity contribution is 0.0836. The summed E-state index contributed by atoms with van der Waals surface area (Å²) in [5, 5.41) is 17.7. The number of nitrogens with one attached hydrogen (secondary N) is 1. The zero-order chi connectivity index (χ0) is 17.0. The summed E-state index contributed by atoms with van der Waals surface area (Å²) >= 11 is 0. The molecule has 1 atom stereocenters. The number of benzene rings is 1. The lowest BCUT2D eigenvalue weighted by Gasteiger charge is -2.37. The second kappa shape index (κ2) is 7.45. The molecule has 1 heterocycles. The van der Waals surface area contributed by atoms with Gasteiger partial charge in [0.05, 0.1) is 13.2 Å². The molecule has 1 aromatic heterocycles. The van der Waals surface area contributed by atoms with E-state index in [1.54, 1.807) is 0 Å². The van der Waals surface area contributed by atoms with Crippen molar-refractivity contribution < 1.29 is 9.63 Å². The number of aliphatic hydroxyl groups is 1. The molecule has 24 heavy (non-hydrogen) atoms. The molecule has 0 spiro atoms. The summed E-state index contributed by atoms with van der Waals surface area (Å²) < 4.78 is 5.36. The van der Waals surface area contributed by atoms with Crippen LogP contribution in [0.2, 0.25) is 0 Å². The maximum absolute atomic E-state index is 10.1. The second-order valence-electron chi connectivity index (χ2n) is 7.15. The molecule has 1 saturated carbocycles. The molecule has 3 rings (SSSR count). The highest BCUT2D eigenvalue weighted by Crippen LogP contribution is 2.47. The van der Waals surface area contributed by atoms with E-state index in [0.29, 0.717) is 12.4 Å². The highest BCUT2D eigenvalue weighted by atomic mass is 16.5. The van der Waals surface area contributed by atoms with Crippen LogP contribution in [0.15, 0.2) is 34.9 Å². The van der Waals surface area contributed by atoms with E-state index in [1.165, 1.54) is 18.4 Å². The molecule has 0 aliphatic heterocycles. The molecule has 1 unspecified atom stereocenters. The van der Waals surface area contributed by atoms with Crippen molar-refractivity contribution in [3.8, 4) is 0 Å². The van der Waals surface area contributed by atoms with Gasteiger partial charge in [-0.05, 0) is 18.4 Å². The predicted molar refractivity (Wildman–Crippen MR) is 92.4 cm³/mol. The standard InChI is InChI=1S/C19H27N3O2/c1-14(2)18-21-16(24-22-18)12-20-17(15-8-4-3-5-9-15)19(13-23)10-6-7-11-19/h3-5,8-9,14,17,20,23H,6-7,10-13H2,1-2H3. The van der Waals surface area contributed by atoms with Crippen molar-refractivity contribution in [1.29, 1.82) is 0 Å². The van der Waals surface area contributed by atoms with Crippen LogP contribution in [0.1, 0.15) is 68.8 Å². The Hall–Kier alpha value is -1.72. The SMILES string of the molecule is CC(C)c1noc(CNC(c2ccccc2)C2(CO)CCCC2)n1. The predicted octanol–water partition coefficient (Wildman–Crippen LogP) is 3.58. The van der Waals surface area contributed by atoms with Crippen molar-refractivity contribution in [2.24, 2.45) is 5.41 Å². The third-order valence-electron chi connectivity index (χ3n) is 5.12. The normalized spacial score (nSPS) is 18.2. The molecule has 130 valence electrons. The molecule has 0 radical (unpaired) electrons. The summed E-state index contributed by atoms with van der Waals surface area (Å²) in [5.41, 5.74) is 1.10. The van der Waals surface area contributed by atoms with Gasteiger partial charge in [0.1, 0.15) is 0 Å². The number of hydrogen-bond acceptors (Lipinski definition) is 5. The Balaban J connectivity index is 1.79. The van der Waals surface area contributed by atoms with Crippen LogP contribution in [0.4, 0.5) is 0 Å². The first-order valence-corrected chi connectivity index (χ1v) is 8.86. The number of rotatable bonds is 7. The first kappa shape index (κ1) is 17.1. The number of aliphatic hydroxyl groups excluding tert-OH is 1. The molecular weight excluding hydrogens is 302 g/mol. The Morgan fingerprint density at radius 3 is 2.50 bits per heavy atom. The average molecular weight is 329 g/mol. The Morgan fingerprint density at radius 1 is 1.21 bits per heavy atom. The van der Waals surface area contributed by atoms with Gasteiger partial charge in [-0.2, -0.15) is 4.98 Å². The molecule has 0 bridgehead atoms. The van der Waals surface area contributed by atoms with E-state index in [-0.39, 0.29) is 24.0 Å². The van der Waals surface area contributed by atoms with E-state index in [9.17, 15) is 5.11 Å². The summed E-state index contributed by atoms with van der Waals surface area (Å²) in [6, 6.07) is 10.5. The van der Waals surface area contributed by atoms with Gasteiger partial charge in [-0.3, -0.25) is 0 Å². The van der Waals surface area contributed by atoms with Crippen LogP contribution in [-0.4, -0.2) is 21.9 Å². The minimum Gasteiger partial charge on any atom is -0.396 e. The second-order valence-corrected chi connectivity index (χ2v) is 7.15. The van der Waals surface area contributed by atoms with E-state index in [1.807, 2.05) is 32.0 Å². The fraction of sp³-hybridized carbons (Fsp3) is 0.579. The van der Waals surface area contributed by atoms with Gasteiger partial charge in [-0.25, -0.2) is 0 Å². The maximum atomic E-state index is 10.1. The molecule has 5 heteroatoms. The van der Waals surface area contributed by atoms with Crippen molar-refractivity contribution in [1.82, 2.24) is 15.5 Å². The molecule has 5 nitrogen and oxygen atoms in total. The van der Waals surface area contributed by atoms with Crippen LogP contribution in [0.5, 0.6) is 0 Å². The number of aromatic nitrogens is 2. The minimum atomic E-state index is -0.109. The molecule has 1 aromatic carbocycles. The molecule has 1 fully saturated rings. The van der Waals surface area contributed by atoms with Crippen molar-refractivity contribution in [2.75, 3.05) is 6.61 Å². The monoisotopic (exact) mass is 329 g/mol. The maximum Gasteiger partial charge on any atom is 0.240 e. The van der Waals surface area contributed by atoms with Gasteiger partial charge in [-0.1, -0.05) is 62.2 Å². The lowest BCUT2D eigenvalue weighted by Crippen LogP contribution is -2.39. The molecule has 1 aliphatic rings. The average Bonchev–Trinajstić information content (AvgIpc) is 3.26. The van der Waals surface area contributed by atoms with Crippen LogP contribution >= 0.6 is 0 Å². The lowest BCUT2D eigenvalue weighted by atomic mass is 9.76. The van der Waals surface area contributed by atoms with Crippen LogP contribution < -0.4 is 5.32 Å². The first-order chi connectivity index (χ1) is 11.6. The molecule has 2 N–H and O–H groups in total.